The zero-order valence-electron chi connectivity index (χ0n) is 13.5. The number of urea groups is 1. The second kappa shape index (κ2) is 9.51. The molecular weight excluding hydrogens is 288 g/mol. The van der Waals surface area contributed by atoms with E-state index in [1.54, 1.807) is 0 Å². The Balaban J connectivity index is 1.70. The van der Waals surface area contributed by atoms with Crippen molar-refractivity contribution in [2.24, 2.45) is 0 Å². The number of hydrogen-bond acceptors (Lipinski definition) is 2. The minimum Gasteiger partial charge on any atom is -0.494 e. The van der Waals surface area contributed by atoms with Crippen molar-refractivity contribution in [3.05, 3.63) is 60.2 Å². The summed E-state index contributed by atoms with van der Waals surface area (Å²) in [6.07, 6.45) is 2.98. The van der Waals surface area contributed by atoms with Crippen LogP contribution in [0.5, 0.6) is 5.75 Å². The molecule has 0 aliphatic rings. The fourth-order valence-electron chi connectivity index (χ4n) is 2.11. The van der Waals surface area contributed by atoms with Gasteiger partial charge < -0.3 is 15.4 Å². The highest BCUT2D eigenvalue weighted by Crippen LogP contribution is 2.15. The number of amides is 2. The fourth-order valence-corrected chi connectivity index (χ4v) is 2.11. The van der Waals surface area contributed by atoms with Crippen molar-refractivity contribution in [3.63, 3.8) is 0 Å². The third-order valence-corrected chi connectivity index (χ3v) is 3.42. The monoisotopic (exact) mass is 312 g/mol. The first-order valence-electron chi connectivity index (χ1n) is 8.09. The van der Waals surface area contributed by atoms with Gasteiger partial charge in [-0.15, -0.1) is 0 Å². The number of benzene rings is 2. The molecule has 2 N–H and O–H groups in total. The maximum Gasteiger partial charge on any atom is 0.319 e. The lowest BCUT2D eigenvalue weighted by Gasteiger charge is -2.09. The number of hydrogen-bond donors (Lipinski definition) is 2. The summed E-state index contributed by atoms with van der Waals surface area (Å²) in [6, 6.07) is 17.3. The van der Waals surface area contributed by atoms with Gasteiger partial charge in [0.15, 0.2) is 0 Å². The number of anilines is 1. The molecule has 0 saturated carbocycles. The SMILES string of the molecule is CCCCOc1ccc(NC(=O)NCCc2ccccc2)cc1. The molecule has 4 nitrogen and oxygen atoms in total. The zero-order chi connectivity index (χ0) is 16.3. The highest BCUT2D eigenvalue weighted by atomic mass is 16.5. The average Bonchev–Trinajstić information content (AvgIpc) is 2.58. The van der Waals surface area contributed by atoms with E-state index in [-0.39, 0.29) is 6.03 Å². The predicted octanol–water partition coefficient (Wildman–Crippen LogP) is 4.23. The van der Waals surface area contributed by atoms with Crippen molar-refractivity contribution in [2.75, 3.05) is 18.5 Å². The molecule has 23 heavy (non-hydrogen) atoms. The Morgan fingerprint density at radius 2 is 1.78 bits per heavy atom. The van der Waals surface area contributed by atoms with Gasteiger partial charge in [-0.3, -0.25) is 0 Å². The summed E-state index contributed by atoms with van der Waals surface area (Å²) in [5, 5.41) is 5.67. The Bertz CT molecular complexity index is 582. The number of carbonyl (C=O) groups excluding carboxylic acids is 1. The highest BCUT2D eigenvalue weighted by molar-refractivity contribution is 5.89. The third kappa shape index (κ3) is 6.43. The minimum absolute atomic E-state index is 0.194. The van der Waals surface area contributed by atoms with E-state index >= 15 is 0 Å². The maximum atomic E-state index is 11.8. The van der Waals surface area contributed by atoms with E-state index < -0.39 is 0 Å². The minimum atomic E-state index is -0.194. The van der Waals surface area contributed by atoms with E-state index in [4.69, 9.17) is 4.74 Å². The molecular formula is C19H24N2O2. The van der Waals surface area contributed by atoms with Gasteiger partial charge in [0, 0.05) is 12.2 Å². The van der Waals surface area contributed by atoms with Gasteiger partial charge in [0.05, 0.1) is 6.61 Å². The number of ether oxygens (including phenoxy) is 1. The average molecular weight is 312 g/mol. The van der Waals surface area contributed by atoms with E-state index in [1.807, 2.05) is 42.5 Å². The van der Waals surface area contributed by atoms with Gasteiger partial charge >= 0.3 is 6.03 Å². The molecule has 2 amide bonds. The number of rotatable bonds is 8. The van der Waals surface area contributed by atoms with Gasteiger partial charge in [-0.1, -0.05) is 43.7 Å². The Morgan fingerprint density at radius 1 is 1.04 bits per heavy atom. The smallest absolute Gasteiger partial charge is 0.319 e. The number of unbranched alkanes of at least 4 members (excludes halogenated alkanes) is 1. The Hall–Kier alpha value is -2.49. The lowest BCUT2D eigenvalue weighted by atomic mass is 10.1. The first-order valence-corrected chi connectivity index (χ1v) is 8.09. The lowest BCUT2D eigenvalue weighted by Crippen LogP contribution is -2.30. The fraction of sp³-hybridized carbons (Fsp3) is 0.316. The van der Waals surface area contributed by atoms with Crippen molar-refractivity contribution < 1.29 is 9.53 Å². The number of carbonyl (C=O) groups is 1. The molecule has 0 radical (unpaired) electrons. The van der Waals surface area contributed by atoms with E-state index in [0.29, 0.717) is 6.54 Å². The van der Waals surface area contributed by atoms with Crippen LogP contribution in [0, 0.1) is 0 Å². The molecule has 0 heterocycles. The standard InChI is InChI=1S/C19H24N2O2/c1-2-3-15-23-18-11-9-17(10-12-18)21-19(22)20-14-13-16-7-5-4-6-8-16/h4-12H,2-3,13-15H2,1H3,(H2,20,21,22). The molecule has 0 unspecified atom stereocenters. The van der Waals surface area contributed by atoms with Crippen LogP contribution in [0.25, 0.3) is 0 Å². The van der Waals surface area contributed by atoms with Crippen LogP contribution >= 0.6 is 0 Å². The second-order valence-corrected chi connectivity index (χ2v) is 5.34. The summed E-state index contributed by atoms with van der Waals surface area (Å²) < 4.78 is 5.59. The quantitative estimate of drug-likeness (QED) is 0.717. The van der Waals surface area contributed by atoms with E-state index in [2.05, 4.69) is 29.7 Å². The molecule has 0 saturated heterocycles. The Morgan fingerprint density at radius 3 is 2.48 bits per heavy atom. The highest BCUT2D eigenvalue weighted by Gasteiger charge is 2.02. The summed E-state index contributed by atoms with van der Waals surface area (Å²) in [7, 11) is 0. The molecule has 0 spiro atoms. The maximum absolute atomic E-state index is 11.8. The Kier molecular flexibility index (Phi) is 6.98. The van der Waals surface area contributed by atoms with Gasteiger partial charge in [0.25, 0.3) is 0 Å². The van der Waals surface area contributed by atoms with Crippen molar-refractivity contribution in [1.82, 2.24) is 5.32 Å². The molecule has 0 atom stereocenters. The normalized spacial score (nSPS) is 10.1. The van der Waals surface area contributed by atoms with Gasteiger partial charge in [-0.05, 0) is 42.7 Å². The third-order valence-electron chi connectivity index (χ3n) is 3.42. The first-order chi connectivity index (χ1) is 11.3. The zero-order valence-corrected chi connectivity index (χ0v) is 13.5. The van der Waals surface area contributed by atoms with Crippen LogP contribution in [0.1, 0.15) is 25.3 Å². The van der Waals surface area contributed by atoms with Gasteiger partial charge in [0.1, 0.15) is 5.75 Å². The van der Waals surface area contributed by atoms with Gasteiger partial charge in [-0.25, -0.2) is 4.79 Å². The van der Waals surface area contributed by atoms with Crippen LogP contribution in [-0.2, 0) is 6.42 Å². The van der Waals surface area contributed by atoms with Crippen LogP contribution in [0.3, 0.4) is 0 Å². The van der Waals surface area contributed by atoms with Crippen molar-refractivity contribution in [1.29, 1.82) is 0 Å². The largest absolute Gasteiger partial charge is 0.494 e. The molecule has 2 rings (SSSR count). The van der Waals surface area contributed by atoms with Crippen LogP contribution in [0.15, 0.2) is 54.6 Å². The van der Waals surface area contributed by atoms with Crippen LogP contribution < -0.4 is 15.4 Å². The second-order valence-electron chi connectivity index (χ2n) is 5.34. The van der Waals surface area contributed by atoms with E-state index in [9.17, 15) is 4.79 Å². The summed E-state index contributed by atoms with van der Waals surface area (Å²) in [4.78, 5) is 11.8. The molecule has 0 aliphatic carbocycles. The first kappa shape index (κ1) is 16.9. The molecule has 0 bridgehead atoms. The molecule has 0 fully saturated rings. The molecule has 0 aromatic heterocycles. The summed E-state index contributed by atoms with van der Waals surface area (Å²) in [5.74, 6) is 0.827. The summed E-state index contributed by atoms with van der Waals surface area (Å²) in [6.45, 7) is 3.46. The van der Waals surface area contributed by atoms with Crippen molar-refractivity contribution >= 4 is 11.7 Å². The van der Waals surface area contributed by atoms with E-state index in [1.165, 1.54) is 5.56 Å². The van der Waals surface area contributed by atoms with Gasteiger partial charge in [0.2, 0.25) is 0 Å². The topological polar surface area (TPSA) is 50.4 Å². The predicted molar refractivity (Wildman–Crippen MR) is 94.0 cm³/mol. The van der Waals surface area contributed by atoms with Gasteiger partial charge in [-0.2, -0.15) is 0 Å². The summed E-state index contributed by atoms with van der Waals surface area (Å²) in [5.41, 5.74) is 1.96. The van der Waals surface area contributed by atoms with Crippen LogP contribution in [0.4, 0.5) is 10.5 Å². The molecule has 4 heteroatoms. The van der Waals surface area contributed by atoms with Crippen LogP contribution in [0.2, 0.25) is 0 Å². The van der Waals surface area contributed by atoms with Crippen molar-refractivity contribution in [3.8, 4) is 5.75 Å². The molecule has 2 aromatic rings. The van der Waals surface area contributed by atoms with Crippen LogP contribution in [-0.4, -0.2) is 19.2 Å². The molecule has 0 aliphatic heterocycles. The lowest BCUT2D eigenvalue weighted by molar-refractivity contribution is 0.252. The molecule has 2 aromatic carbocycles. The van der Waals surface area contributed by atoms with Crippen molar-refractivity contribution in [2.45, 2.75) is 26.2 Å². The summed E-state index contributed by atoms with van der Waals surface area (Å²) >= 11 is 0. The molecule has 122 valence electrons. The Labute approximate surface area is 137 Å². The van der Waals surface area contributed by atoms with E-state index in [0.717, 1.165) is 37.3 Å². The number of nitrogens with one attached hydrogen (secondary N) is 2.